The molecule has 0 aliphatic heterocycles. The van der Waals surface area contributed by atoms with Crippen molar-refractivity contribution in [2.75, 3.05) is 7.11 Å². The minimum atomic E-state index is -1.06. The number of hydrogen-bond donors (Lipinski definition) is 2. The average Bonchev–Trinajstić information content (AvgIpc) is 2.91. The molecule has 1 aromatic rings. The van der Waals surface area contributed by atoms with Gasteiger partial charge in [-0.05, 0) is 37.0 Å². The van der Waals surface area contributed by atoms with Crippen LogP contribution in [0.25, 0.3) is 6.08 Å². The van der Waals surface area contributed by atoms with Crippen LogP contribution in [0.3, 0.4) is 0 Å². The summed E-state index contributed by atoms with van der Waals surface area (Å²) in [6.07, 6.45) is 8.85. The number of aromatic nitrogens is 1. The fourth-order valence-corrected chi connectivity index (χ4v) is 2.79. The number of aromatic amines is 1. The molecular weight excluding hydrogens is 320 g/mol. The number of nitriles is 1. The maximum Gasteiger partial charge on any atom is 0.352 e. The van der Waals surface area contributed by atoms with Gasteiger partial charge in [0.2, 0.25) is 0 Å². The second kappa shape index (κ2) is 10.3. The van der Waals surface area contributed by atoms with Crippen molar-refractivity contribution >= 4 is 18.0 Å². The number of ether oxygens (including phenoxy) is 1. The average molecular weight is 346 g/mol. The Morgan fingerprint density at radius 3 is 2.44 bits per heavy atom. The number of carboxylic acid groups (broad SMARTS) is 1. The van der Waals surface area contributed by atoms with E-state index < -0.39 is 11.9 Å². The van der Waals surface area contributed by atoms with Gasteiger partial charge in [0.05, 0.1) is 7.11 Å². The zero-order valence-corrected chi connectivity index (χ0v) is 15.1. The van der Waals surface area contributed by atoms with Crippen LogP contribution in [-0.4, -0.2) is 29.1 Å². The molecule has 0 saturated carbocycles. The zero-order valence-electron chi connectivity index (χ0n) is 15.1. The summed E-state index contributed by atoms with van der Waals surface area (Å²) in [6, 6.07) is 1.80. The van der Waals surface area contributed by atoms with E-state index in [9.17, 15) is 14.7 Å². The lowest BCUT2D eigenvalue weighted by molar-refractivity contribution is -0.135. The van der Waals surface area contributed by atoms with Crippen molar-refractivity contribution in [1.29, 1.82) is 5.26 Å². The monoisotopic (exact) mass is 346 g/mol. The number of H-pyrrole nitrogens is 1. The molecule has 25 heavy (non-hydrogen) atoms. The van der Waals surface area contributed by atoms with Crippen molar-refractivity contribution in [2.24, 2.45) is 0 Å². The lowest BCUT2D eigenvalue weighted by Crippen LogP contribution is -2.03. The third-order valence-corrected chi connectivity index (χ3v) is 4.22. The fraction of sp³-hybridized carbons (Fsp3) is 0.526. The second-order valence-corrected chi connectivity index (χ2v) is 6.00. The summed E-state index contributed by atoms with van der Waals surface area (Å²) >= 11 is 0. The van der Waals surface area contributed by atoms with Gasteiger partial charge in [0.15, 0.2) is 0 Å². The van der Waals surface area contributed by atoms with E-state index >= 15 is 0 Å². The highest BCUT2D eigenvalue weighted by Gasteiger charge is 2.19. The smallest absolute Gasteiger partial charge is 0.352 e. The standard InChI is InChI=1S/C19H26N2O4/c1-4-5-6-7-8-9-10-15-13(2)17(18(22)23)21-16(15)11-14(12-20)19(24)25-3/h11,21H,4-10H2,1-3H3,(H,22,23)/b14-11+. The van der Waals surface area contributed by atoms with Crippen molar-refractivity contribution < 1.29 is 19.4 Å². The Hall–Kier alpha value is -2.55. The molecule has 6 nitrogen and oxygen atoms in total. The maximum atomic E-state index is 11.6. The Labute approximate surface area is 148 Å². The number of aromatic carboxylic acids is 1. The third-order valence-electron chi connectivity index (χ3n) is 4.22. The van der Waals surface area contributed by atoms with Crippen molar-refractivity contribution in [1.82, 2.24) is 4.98 Å². The molecule has 0 saturated heterocycles. The molecule has 0 unspecified atom stereocenters. The summed E-state index contributed by atoms with van der Waals surface area (Å²) in [6.45, 7) is 3.91. The molecule has 136 valence electrons. The van der Waals surface area contributed by atoms with Crippen LogP contribution in [0.15, 0.2) is 5.57 Å². The van der Waals surface area contributed by atoms with E-state index in [1.807, 2.05) is 0 Å². The lowest BCUT2D eigenvalue weighted by atomic mass is 10.0. The highest BCUT2D eigenvalue weighted by Crippen LogP contribution is 2.24. The summed E-state index contributed by atoms with van der Waals surface area (Å²) in [5.74, 6) is -1.80. The number of nitrogens with one attached hydrogen (secondary N) is 1. The van der Waals surface area contributed by atoms with Crippen LogP contribution in [-0.2, 0) is 16.0 Å². The molecule has 0 aliphatic rings. The first-order valence-corrected chi connectivity index (χ1v) is 8.61. The van der Waals surface area contributed by atoms with Gasteiger partial charge in [-0.15, -0.1) is 0 Å². The molecule has 2 N–H and O–H groups in total. The van der Waals surface area contributed by atoms with E-state index in [0.29, 0.717) is 17.7 Å². The molecule has 0 spiro atoms. The Morgan fingerprint density at radius 2 is 1.88 bits per heavy atom. The molecule has 1 heterocycles. The third kappa shape index (κ3) is 5.79. The Kier molecular flexibility index (Phi) is 8.48. The predicted octanol–water partition coefficient (Wildman–Crippen LogP) is 4.00. The summed E-state index contributed by atoms with van der Waals surface area (Å²) in [4.78, 5) is 25.8. The highest BCUT2D eigenvalue weighted by atomic mass is 16.5. The second-order valence-electron chi connectivity index (χ2n) is 6.00. The van der Waals surface area contributed by atoms with E-state index in [1.165, 1.54) is 32.4 Å². The van der Waals surface area contributed by atoms with E-state index in [1.54, 1.807) is 13.0 Å². The number of carbonyl (C=O) groups is 2. The topological polar surface area (TPSA) is 103 Å². The van der Waals surface area contributed by atoms with Crippen LogP contribution in [0.5, 0.6) is 0 Å². The highest BCUT2D eigenvalue weighted by molar-refractivity contribution is 5.98. The molecule has 0 atom stereocenters. The number of carbonyl (C=O) groups excluding carboxylic acids is 1. The number of rotatable bonds is 10. The number of nitrogens with zero attached hydrogens (tertiary/aromatic N) is 1. The molecule has 6 heteroatoms. The quantitative estimate of drug-likeness (QED) is 0.288. The summed E-state index contributed by atoms with van der Waals surface area (Å²) in [5.41, 5.74) is 1.91. The SMILES string of the molecule is CCCCCCCCc1c(/C=C(\C#N)C(=O)OC)[nH]c(C(=O)O)c1C. The normalized spacial score (nSPS) is 11.2. The zero-order chi connectivity index (χ0) is 18.8. The number of hydrogen-bond acceptors (Lipinski definition) is 4. The van der Waals surface area contributed by atoms with Gasteiger partial charge in [0, 0.05) is 5.69 Å². The van der Waals surface area contributed by atoms with E-state index in [2.05, 4.69) is 16.6 Å². The van der Waals surface area contributed by atoms with Crippen molar-refractivity contribution in [3.05, 3.63) is 28.1 Å². The van der Waals surface area contributed by atoms with Crippen LogP contribution in [0.4, 0.5) is 0 Å². The van der Waals surface area contributed by atoms with Crippen molar-refractivity contribution in [3.63, 3.8) is 0 Å². The minimum absolute atomic E-state index is 0.0920. The summed E-state index contributed by atoms with van der Waals surface area (Å²) < 4.78 is 4.58. The molecule has 0 aliphatic carbocycles. The van der Waals surface area contributed by atoms with Gasteiger partial charge in [-0.2, -0.15) is 5.26 Å². The molecule has 0 radical (unpaired) electrons. The Balaban J connectivity index is 3.01. The van der Waals surface area contributed by atoms with Crippen LogP contribution < -0.4 is 0 Å². The van der Waals surface area contributed by atoms with Crippen LogP contribution in [0.2, 0.25) is 0 Å². The predicted molar refractivity (Wildman–Crippen MR) is 95.2 cm³/mol. The largest absolute Gasteiger partial charge is 0.477 e. The van der Waals surface area contributed by atoms with E-state index in [-0.39, 0.29) is 11.3 Å². The van der Waals surface area contributed by atoms with Crippen LogP contribution in [0.1, 0.15) is 72.8 Å². The molecule has 1 aromatic heterocycles. The first-order valence-electron chi connectivity index (χ1n) is 8.61. The minimum Gasteiger partial charge on any atom is -0.477 e. The van der Waals surface area contributed by atoms with E-state index in [0.717, 1.165) is 24.8 Å². The van der Waals surface area contributed by atoms with Crippen LogP contribution in [0, 0.1) is 18.3 Å². The number of methoxy groups -OCH3 is 1. The van der Waals surface area contributed by atoms with Gasteiger partial charge in [-0.3, -0.25) is 0 Å². The van der Waals surface area contributed by atoms with Gasteiger partial charge in [-0.25, -0.2) is 9.59 Å². The molecule has 0 bridgehead atoms. The molecule has 0 fully saturated rings. The maximum absolute atomic E-state index is 11.6. The summed E-state index contributed by atoms with van der Waals surface area (Å²) in [7, 11) is 1.20. The number of esters is 1. The first-order chi connectivity index (χ1) is 12.0. The number of unbranched alkanes of at least 4 members (excludes halogenated alkanes) is 5. The van der Waals surface area contributed by atoms with Crippen LogP contribution >= 0.6 is 0 Å². The molecule has 0 aromatic carbocycles. The fourth-order valence-electron chi connectivity index (χ4n) is 2.79. The first kappa shape index (κ1) is 20.5. The molecular formula is C19H26N2O4. The molecule has 0 amide bonds. The van der Waals surface area contributed by atoms with Gasteiger partial charge in [0.1, 0.15) is 17.3 Å². The molecule has 1 rings (SSSR count). The lowest BCUT2D eigenvalue weighted by Gasteiger charge is -2.04. The van der Waals surface area contributed by atoms with Gasteiger partial charge >= 0.3 is 11.9 Å². The Bertz CT molecular complexity index is 680. The van der Waals surface area contributed by atoms with E-state index in [4.69, 9.17) is 5.26 Å². The van der Waals surface area contributed by atoms with Gasteiger partial charge < -0.3 is 14.8 Å². The van der Waals surface area contributed by atoms with Gasteiger partial charge in [0.25, 0.3) is 0 Å². The van der Waals surface area contributed by atoms with Gasteiger partial charge in [-0.1, -0.05) is 39.0 Å². The van der Waals surface area contributed by atoms with Crippen molar-refractivity contribution in [2.45, 2.75) is 58.8 Å². The summed E-state index contributed by atoms with van der Waals surface area (Å²) in [5, 5.41) is 18.4. The number of carboxylic acids is 1. The Morgan fingerprint density at radius 1 is 1.24 bits per heavy atom. The van der Waals surface area contributed by atoms with Crippen molar-refractivity contribution in [3.8, 4) is 6.07 Å².